The molecule has 4 aliphatic carbocycles. The van der Waals surface area contributed by atoms with Crippen LogP contribution in [0.4, 0.5) is 0 Å². The van der Waals surface area contributed by atoms with Gasteiger partial charge < -0.3 is 4.74 Å². The van der Waals surface area contributed by atoms with Gasteiger partial charge in [0.1, 0.15) is 5.60 Å². The molecule has 3 saturated carbocycles. The summed E-state index contributed by atoms with van der Waals surface area (Å²) < 4.78 is 19.3. The third-order valence-electron chi connectivity index (χ3n) is 9.91. The highest BCUT2D eigenvalue weighted by Crippen LogP contribution is 2.70. The van der Waals surface area contributed by atoms with E-state index in [1.54, 1.807) is 0 Å². The molecule has 5 rings (SSSR count). The van der Waals surface area contributed by atoms with Gasteiger partial charge in [0.25, 0.3) is 0 Å². The van der Waals surface area contributed by atoms with Crippen molar-refractivity contribution in [1.82, 2.24) is 0 Å². The largest absolute Gasteiger partial charge is 0.458 e. The van der Waals surface area contributed by atoms with Gasteiger partial charge in [0.15, 0.2) is 5.78 Å². The molecule has 0 radical (unpaired) electrons. The second kappa shape index (κ2) is 6.51. The van der Waals surface area contributed by atoms with Crippen LogP contribution in [0.25, 0.3) is 0 Å². The number of carbonyl (C=O) groups excluding carboxylic acids is 2. The lowest BCUT2D eigenvalue weighted by atomic mass is 9.46. The van der Waals surface area contributed by atoms with E-state index >= 15 is 0 Å². The number of fused-ring (bicyclic) bond motifs is 6. The third-order valence-corrected chi connectivity index (χ3v) is 11.6. The standard InChI is InChI=1S/C24H34O4S/c1-4-29(27)19-14-15-13-16(25)5-9-22(15,2)17-6-10-23(3)18(21(17)19)7-11-24(23)12-8-20(26)28-24/h13,17-19,21H,4-12,14H2,1-3H3/t17?,18?,19-,21?,22?,23?,24-,29?/m1/s1. The molecule has 8 atom stereocenters. The predicted octanol–water partition coefficient (Wildman–Crippen LogP) is 4.34. The predicted molar refractivity (Wildman–Crippen MR) is 113 cm³/mol. The van der Waals surface area contributed by atoms with Crippen molar-refractivity contribution in [2.24, 2.45) is 28.6 Å². The lowest BCUT2D eigenvalue weighted by Crippen LogP contribution is -2.59. The second-order valence-electron chi connectivity index (χ2n) is 10.7. The van der Waals surface area contributed by atoms with Crippen LogP contribution >= 0.6 is 0 Å². The molecule has 1 heterocycles. The summed E-state index contributed by atoms with van der Waals surface area (Å²) in [4.78, 5) is 24.3. The molecule has 4 fully saturated rings. The summed E-state index contributed by atoms with van der Waals surface area (Å²) in [6, 6.07) is 0. The highest BCUT2D eigenvalue weighted by Gasteiger charge is 2.68. The van der Waals surface area contributed by atoms with Gasteiger partial charge in [-0.05, 0) is 74.2 Å². The molecule has 5 aliphatic rings. The summed E-state index contributed by atoms with van der Waals surface area (Å²) in [5, 5.41) is 0.132. The summed E-state index contributed by atoms with van der Waals surface area (Å²) in [6.07, 6.45) is 9.92. The second-order valence-corrected chi connectivity index (χ2v) is 12.7. The molecule has 1 saturated heterocycles. The van der Waals surface area contributed by atoms with Crippen LogP contribution in [0, 0.1) is 28.6 Å². The molecule has 160 valence electrons. The van der Waals surface area contributed by atoms with Crippen molar-refractivity contribution in [3.8, 4) is 0 Å². The fraction of sp³-hybridized carbons (Fsp3) is 0.833. The Hall–Kier alpha value is -0.970. The quantitative estimate of drug-likeness (QED) is 0.626. The molecule has 0 N–H and O–H groups in total. The van der Waals surface area contributed by atoms with E-state index in [1.165, 1.54) is 5.57 Å². The molecule has 1 spiro atoms. The molecule has 1 aliphatic heterocycles. The fourth-order valence-electron chi connectivity index (χ4n) is 8.28. The Morgan fingerprint density at radius 2 is 1.83 bits per heavy atom. The van der Waals surface area contributed by atoms with Crippen molar-refractivity contribution < 1.29 is 18.5 Å². The van der Waals surface area contributed by atoms with Crippen LogP contribution in [0.3, 0.4) is 0 Å². The van der Waals surface area contributed by atoms with Crippen molar-refractivity contribution >= 4 is 22.6 Å². The first-order valence-corrected chi connectivity index (χ1v) is 13.0. The Labute approximate surface area is 176 Å². The van der Waals surface area contributed by atoms with Gasteiger partial charge in [0.05, 0.1) is 0 Å². The average molecular weight is 419 g/mol. The molecular formula is C24H34O4S. The Kier molecular flexibility index (Phi) is 4.48. The monoisotopic (exact) mass is 418 g/mol. The van der Waals surface area contributed by atoms with Crippen LogP contribution in [0.5, 0.6) is 0 Å². The zero-order valence-corrected chi connectivity index (χ0v) is 18.8. The van der Waals surface area contributed by atoms with Crippen LogP contribution in [0.15, 0.2) is 11.6 Å². The third kappa shape index (κ3) is 2.58. The molecule has 0 aromatic rings. The Morgan fingerprint density at radius 3 is 2.52 bits per heavy atom. The maximum Gasteiger partial charge on any atom is 0.306 e. The Bertz CT molecular complexity index is 818. The van der Waals surface area contributed by atoms with E-state index in [0.717, 1.165) is 44.9 Å². The molecule has 0 aromatic heterocycles. The maximum atomic E-state index is 13.3. The number of ketones is 1. The first-order chi connectivity index (χ1) is 13.7. The number of rotatable bonds is 2. The van der Waals surface area contributed by atoms with E-state index < -0.39 is 10.8 Å². The summed E-state index contributed by atoms with van der Waals surface area (Å²) in [7, 11) is -0.884. The molecule has 0 aromatic carbocycles. The summed E-state index contributed by atoms with van der Waals surface area (Å²) in [5.41, 5.74) is 1.04. The van der Waals surface area contributed by atoms with E-state index in [9.17, 15) is 13.8 Å². The van der Waals surface area contributed by atoms with Crippen LogP contribution in [0.2, 0.25) is 0 Å². The van der Waals surface area contributed by atoms with Gasteiger partial charge in [-0.2, -0.15) is 0 Å². The van der Waals surface area contributed by atoms with Gasteiger partial charge in [-0.25, -0.2) is 0 Å². The summed E-state index contributed by atoms with van der Waals surface area (Å²) in [5.74, 6) is 2.24. The van der Waals surface area contributed by atoms with Gasteiger partial charge in [0.2, 0.25) is 0 Å². The number of esters is 1. The van der Waals surface area contributed by atoms with Crippen LogP contribution in [-0.2, 0) is 25.1 Å². The normalized spacial score (nSPS) is 49.8. The van der Waals surface area contributed by atoms with Crippen molar-refractivity contribution in [1.29, 1.82) is 0 Å². The number of ether oxygens (including phenoxy) is 1. The molecular weight excluding hydrogens is 384 g/mol. The molecule has 29 heavy (non-hydrogen) atoms. The maximum absolute atomic E-state index is 13.3. The van der Waals surface area contributed by atoms with E-state index in [4.69, 9.17) is 4.74 Å². The first kappa shape index (κ1) is 20.0. The minimum atomic E-state index is -0.884. The number of carbonyl (C=O) groups is 2. The highest BCUT2D eigenvalue weighted by molar-refractivity contribution is 7.85. The van der Waals surface area contributed by atoms with Crippen LogP contribution in [-0.4, -0.2) is 32.6 Å². The molecule has 4 nitrogen and oxygen atoms in total. The van der Waals surface area contributed by atoms with Gasteiger partial charge in [-0.1, -0.05) is 26.3 Å². The number of allylic oxidation sites excluding steroid dienone is 1. The van der Waals surface area contributed by atoms with Crippen molar-refractivity contribution in [3.63, 3.8) is 0 Å². The van der Waals surface area contributed by atoms with Crippen molar-refractivity contribution in [2.75, 3.05) is 5.75 Å². The summed E-state index contributed by atoms with van der Waals surface area (Å²) >= 11 is 0. The summed E-state index contributed by atoms with van der Waals surface area (Å²) in [6.45, 7) is 6.76. The average Bonchev–Trinajstić information content (AvgIpc) is 3.22. The fourth-order valence-corrected chi connectivity index (χ4v) is 9.80. The van der Waals surface area contributed by atoms with Gasteiger partial charge in [-0.15, -0.1) is 0 Å². The highest BCUT2D eigenvalue weighted by atomic mass is 32.2. The van der Waals surface area contributed by atoms with Gasteiger partial charge >= 0.3 is 5.97 Å². The number of hydrogen-bond acceptors (Lipinski definition) is 4. The first-order valence-electron chi connectivity index (χ1n) is 11.6. The van der Waals surface area contributed by atoms with Gasteiger partial charge in [-0.3, -0.25) is 13.8 Å². The Morgan fingerprint density at radius 1 is 1.07 bits per heavy atom. The van der Waals surface area contributed by atoms with E-state index in [-0.39, 0.29) is 33.4 Å². The van der Waals surface area contributed by atoms with Gasteiger partial charge in [0, 0.05) is 40.1 Å². The smallest absolute Gasteiger partial charge is 0.306 e. The lowest BCUT2D eigenvalue weighted by molar-refractivity contribution is -0.167. The van der Waals surface area contributed by atoms with Crippen LogP contribution < -0.4 is 0 Å². The molecule has 0 amide bonds. The Balaban J connectivity index is 1.58. The minimum Gasteiger partial charge on any atom is -0.458 e. The van der Waals surface area contributed by atoms with Crippen LogP contribution in [0.1, 0.15) is 78.6 Å². The molecule has 5 heteroatoms. The van der Waals surface area contributed by atoms with E-state index in [0.29, 0.717) is 36.3 Å². The number of hydrogen-bond donors (Lipinski definition) is 0. The zero-order chi connectivity index (χ0) is 20.6. The topological polar surface area (TPSA) is 60.4 Å². The van der Waals surface area contributed by atoms with E-state index in [1.807, 2.05) is 13.0 Å². The molecule has 0 bridgehead atoms. The molecule has 6 unspecified atom stereocenters. The SMILES string of the molecule is CCS(=O)[C@@H]1CC2=CC(=O)CCC2(C)C2CCC3(C)C(CC[C@@]34CCC(=O)O4)C21. The zero-order valence-electron chi connectivity index (χ0n) is 18.0. The van der Waals surface area contributed by atoms with Crippen molar-refractivity contribution in [3.05, 3.63) is 11.6 Å². The van der Waals surface area contributed by atoms with Crippen molar-refractivity contribution in [2.45, 2.75) is 89.4 Å². The van der Waals surface area contributed by atoms with E-state index in [2.05, 4.69) is 13.8 Å². The lowest BCUT2D eigenvalue weighted by Gasteiger charge is -2.61. The minimum absolute atomic E-state index is 0.00141.